The molecule has 0 saturated heterocycles. The van der Waals surface area contributed by atoms with Gasteiger partial charge in [0, 0.05) is 18.8 Å². The molecule has 4 nitrogen and oxygen atoms in total. The van der Waals surface area contributed by atoms with Crippen molar-refractivity contribution in [1.82, 2.24) is 4.90 Å². The molecule has 1 rings (SSSR count). The summed E-state index contributed by atoms with van der Waals surface area (Å²) < 4.78 is 0. The van der Waals surface area contributed by atoms with Gasteiger partial charge in [-0.2, -0.15) is 0 Å². The largest absolute Gasteiger partial charge is 0.392 e. The number of rotatable bonds is 6. The first-order valence-electron chi connectivity index (χ1n) is 5.92. The Labute approximate surface area is 102 Å². The molecule has 0 aliphatic rings. The van der Waals surface area contributed by atoms with Gasteiger partial charge in [0.1, 0.15) is 0 Å². The summed E-state index contributed by atoms with van der Waals surface area (Å²) in [6.45, 7) is 5.69. The standard InChI is InChI=1S/C13H20N2O2/c1-3-15(4-2)13(17)9-14-12-7-5-6-11(8-12)10-16/h5-8,14,16H,3-4,9-10H2,1-2H3. The van der Waals surface area contributed by atoms with E-state index in [1.54, 1.807) is 4.90 Å². The van der Waals surface area contributed by atoms with E-state index in [1.165, 1.54) is 0 Å². The van der Waals surface area contributed by atoms with Gasteiger partial charge in [-0.05, 0) is 31.5 Å². The summed E-state index contributed by atoms with van der Waals surface area (Å²) in [5.74, 6) is 0.0874. The fraction of sp³-hybridized carbons (Fsp3) is 0.462. The van der Waals surface area contributed by atoms with E-state index in [1.807, 2.05) is 38.1 Å². The second kappa shape index (κ2) is 6.91. The summed E-state index contributed by atoms with van der Waals surface area (Å²) in [5, 5.41) is 12.1. The highest BCUT2D eigenvalue weighted by molar-refractivity contribution is 5.80. The van der Waals surface area contributed by atoms with Crippen molar-refractivity contribution in [3.63, 3.8) is 0 Å². The Kier molecular flexibility index (Phi) is 5.49. The molecule has 94 valence electrons. The Morgan fingerprint density at radius 2 is 2.06 bits per heavy atom. The molecule has 0 aliphatic carbocycles. The van der Waals surface area contributed by atoms with Gasteiger partial charge in [0.2, 0.25) is 5.91 Å². The van der Waals surface area contributed by atoms with Gasteiger partial charge < -0.3 is 15.3 Å². The van der Waals surface area contributed by atoms with E-state index in [2.05, 4.69) is 5.32 Å². The average Bonchev–Trinajstić information content (AvgIpc) is 2.38. The summed E-state index contributed by atoms with van der Waals surface area (Å²) in [6.07, 6.45) is 0. The van der Waals surface area contributed by atoms with Gasteiger partial charge in [-0.1, -0.05) is 12.1 Å². The number of aliphatic hydroxyl groups excluding tert-OH is 1. The third-order valence-electron chi connectivity index (χ3n) is 2.67. The van der Waals surface area contributed by atoms with Crippen LogP contribution in [-0.2, 0) is 11.4 Å². The van der Waals surface area contributed by atoms with Crippen LogP contribution in [0.4, 0.5) is 5.69 Å². The third-order valence-corrected chi connectivity index (χ3v) is 2.67. The number of anilines is 1. The van der Waals surface area contributed by atoms with Gasteiger partial charge in [0.15, 0.2) is 0 Å². The Morgan fingerprint density at radius 1 is 1.35 bits per heavy atom. The summed E-state index contributed by atoms with van der Waals surface area (Å²) in [6, 6.07) is 7.43. The molecule has 1 aromatic carbocycles. The summed E-state index contributed by atoms with van der Waals surface area (Å²) in [4.78, 5) is 13.5. The highest BCUT2D eigenvalue weighted by Crippen LogP contribution is 2.10. The number of nitrogens with zero attached hydrogens (tertiary/aromatic N) is 1. The van der Waals surface area contributed by atoms with Gasteiger partial charge in [-0.15, -0.1) is 0 Å². The maximum atomic E-state index is 11.7. The number of carbonyl (C=O) groups is 1. The molecule has 1 aromatic rings. The molecule has 0 saturated carbocycles. The molecule has 0 aliphatic heterocycles. The molecule has 0 aromatic heterocycles. The molecule has 2 N–H and O–H groups in total. The molecular weight excluding hydrogens is 216 g/mol. The molecule has 0 fully saturated rings. The lowest BCUT2D eigenvalue weighted by atomic mass is 10.2. The predicted molar refractivity (Wildman–Crippen MR) is 68.8 cm³/mol. The number of carbonyl (C=O) groups excluding carboxylic acids is 1. The first-order chi connectivity index (χ1) is 8.21. The van der Waals surface area contributed by atoms with Crippen molar-refractivity contribution in [2.75, 3.05) is 25.0 Å². The molecule has 1 amide bonds. The minimum absolute atomic E-state index is 0.0134. The Bertz CT molecular complexity index is 362. The van der Waals surface area contributed by atoms with Crippen LogP contribution < -0.4 is 5.32 Å². The van der Waals surface area contributed by atoms with E-state index in [-0.39, 0.29) is 19.1 Å². The molecule has 4 heteroatoms. The van der Waals surface area contributed by atoms with Crippen molar-refractivity contribution in [2.45, 2.75) is 20.5 Å². The number of hydrogen-bond acceptors (Lipinski definition) is 3. The zero-order chi connectivity index (χ0) is 12.7. The minimum atomic E-state index is 0.0134. The van der Waals surface area contributed by atoms with Crippen LogP contribution in [0.1, 0.15) is 19.4 Å². The van der Waals surface area contributed by atoms with Gasteiger partial charge in [-0.3, -0.25) is 4.79 Å². The van der Waals surface area contributed by atoms with Crippen LogP contribution >= 0.6 is 0 Å². The fourth-order valence-corrected chi connectivity index (χ4v) is 1.65. The van der Waals surface area contributed by atoms with Gasteiger partial charge in [-0.25, -0.2) is 0 Å². The molecule has 0 bridgehead atoms. The van der Waals surface area contributed by atoms with E-state index in [9.17, 15) is 4.79 Å². The highest BCUT2D eigenvalue weighted by Gasteiger charge is 2.08. The zero-order valence-corrected chi connectivity index (χ0v) is 10.4. The Hall–Kier alpha value is -1.55. The van der Waals surface area contributed by atoms with Crippen LogP contribution in [0.2, 0.25) is 0 Å². The Morgan fingerprint density at radius 3 is 2.65 bits per heavy atom. The van der Waals surface area contributed by atoms with Crippen LogP contribution in [0.3, 0.4) is 0 Å². The molecule has 0 atom stereocenters. The quantitative estimate of drug-likeness (QED) is 0.786. The van der Waals surface area contributed by atoms with E-state index in [0.717, 1.165) is 24.3 Å². The SMILES string of the molecule is CCN(CC)C(=O)CNc1cccc(CO)c1. The number of benzene rings is 1. The third kappa shape index (κ3) is 4.07. The predicted octanol–water partition coefficient (Wildman–Crippen LogP) is 1.46. The number of aliphatic hydroxyl groups is 1. The monoisotopic (exact) mass is 236 g/mol. The molecule has 0 heterocycles. The minimum Gasteiger partial charge on any atom is -0.392 e. The van der Waals surface area contributed by atoms with Crippen molar-refractivity contribution >= 4 is 11.6 Å². The van der Waals surface area contributed by atoms with Crippen molar-refractivity contribution in [3.05, 3.63) is 29.8 Å². The molecule has 17 heavy (non-hydrogen) atoms. The summed E-state index contributed by atoms with van der Waals surface area (Å²) in [5.41, 5.74) is 1.70. The number of likely N-dealkylation sites (N-methyl/N-ethyl adjacent to an activating group) is 1. The van der Waals surface area contributed by atoms with Crippen molar-refractivity contribution in [1.29, 1.82) is 0 Å². The lowest BCUT2D eigenvalue weighted by Crippen LogP contribution is -2.35. The second-order valence-electron chi connectivity index (χ2n) is 3.78. The van der Waals surface area contributed by atoms with Crippen molar-refractivity contribution in [2.24, 2.45) is 0 Å². The summed E-state index contributed by atoms with van der Waals surface area (Å²) in [7, 11) is 0. The number of hydrogen-bond donors (Lipinski definition) is 2. The molecule has 0 radical (unpaired) electrons. The number of amides is 1. The van der Waals surface area contributed by atoms with Gasteiger partial charge in [0.25, 0.3) is 0 Å². The van der Waals surface area contributed by atoms with E-state index >= 15 is 0 Å². The first-order valence-corrected chi connectivity index (χ1v) is 5.92. The summed E-state index contributed by atoms with van der Waals surface area (Å²) >= 11 is 0. The normalized spacial score (nSPS) is 10.1. The lowest BCUT2D eigenvalue weighted by Gasteiger charge is -2.19. The van der Waals surface area contributed by atoms with Crippen LogP contribution in [0, 0.1) is 0 Å². The van der Waals surface area contributed by atoms with E-state index < -0.39 is 0 Å². The van der Waals surface area contributed by atoms with Crippen molar-refractivity contribution in [3.8, 4) is 0 Å². The Balaban J connectivity index is 2.52. The van der Waals surface area contributed by atoms with Crippen molar-refractivity contribution < 1.29 is 9.90 Å². The number of nitrogens with one attached hydrogen (secondary N) is 1. The molecule has 0 spiro atoms. The first kappa shape index (κ1) is 13.5. The van der Waals surface area contributed by atoms with Crippen LogP contribution in [0.25, 0.3) is 0 Å². The van der Waals surface area contributed by atoms with Crippen LogP contribution in [0.15, 0.2) is 24.3 Å². The van der Waals surface area contributed by atoms with Crippen LogP contribution in [-0.4, -0.2) is 35.5 Å². The average molecular weight is 236 g/mol. The molecule has 0 unspecified atom stereocenters. The second-order valence-corrected chi connectivity index (χ2v) is 3.78. The van der Waals surface area contributed by atoms with E-state index in [0.29, 0.717) is 0 Å². The smallest absolute Gasteiger partial charge is 0.241 e. The maximum Gasteiger partial charge on any atom is 0.241 e. The lowest BCUT2D eigenvalue weighted by molar-refractivity contribution is -0.128. The molecular formula is C13H20N2O2. The topological polar surface area (TPSA) is 52.6 Å². The maximum absolute atomic E-state index is 11.7. The fourth-order valence-electron chi connectivity index (χ4n) is 1.65. The van der Waals surface area contributed by atoms with Gasteiger partial charge in [0.05, 0.1) is 13.2 Å². The highest BCUT2D eigenvalue weighted by atomic mass is 16.3. The zero-order valence-electron chi connectivity index (χ0n) is 10.4. The van der Waals surface area contributed by atoms with Gasteiger partial charge >= 0.3 is 0 Å². The van der Waals surface area contributed by atoms with E-state index in [4.69, 9.17) is 5.11 Å². The van der Waals surface area contributed by atoms with Crippen LogP contribution in [0.5, 0.6) is 0 Å².